The number of amides is 3. The van der Waals surface area contributed by atoms with Crippen molar-refractivity contribution < 1.29 is 14.4 Å². The molecule has 0 spiro atoms. The summed E-state index contributed by atoms with van der Waals surface area (Å²) in [4.78, 5) is 42.5. The van der Waals surface area contributed by atoms with Crippen molar-refractivity contribution >= 4 is 68.8 Å². The van der Waals surface area contributed by atoms with Crippen molar-refractivity contribution in [3.8, 4) is 0 Å². The minimum absolute atomic E-state index is 0.0680. The largest absolute Gasteiger partial charge is 0.350 e. The van der Waals surface area contributed by atoms with E-state index in [1.54, 1.807) is 60.1 Å². The molecule has 3 amide bonds. The summed E-state index contributed by atoms with van der Waals surface area (Å²) in [6, 6.07) is 12.8. The molecule has 3 aromatic rings. The van der Waals surface area contributed by atoms with Gasteiger partial charge >= 0.3 is 0 Å². The van der Waals surface area contributed by atoms with Crippen molar-refractivity contribution in [3.05, 3.63) is 81.4 Å². The molecule has 0 bridgehead atoms. The third kappa shape index (κ3) is 3.80. The topological polar surface area (TPSA) is 91.4 Å². The molecule has 0 saturated carbocycles. The van der Waals surface area contributed by atoms with Gasteiger partial charge in [-0.15, -0.1) is 11.3 Å². The minimum atomic E-state index is -0.670. The molecule has 2 aromatic carbocycles. The van der Waals surface area contributed by atoms with E-state index in [9.17, 15) is 14.4 Å². The van der Waals surface area contributed by atoms with Crippen molar-refractivity contribution in [2.45, 2.75) is 0 Å². The Balaban J connectivity index is 1.51. The fourth-order valence-electron chi connectivity index (χ4n) is 2.77. The molecule has 2 heterocycles. The van der Waals surface area contributed by atoms with Crippen molar-refractivity contribution in [1.82, 2.24) is 4.98 Å². The first kappa shape index (κ1) is 20.1. The summed E-state index contributed by atoms with van der Waals surface area (Å²) in [6.07, 6.45) is 1.59. The maximum Gasteiger partial charge on any atom is 0.283 e. The number of imide groups is 1. The molecule has 0 radical (unpaired) electrons. The van der Waals surface area contributed by atoms with E-state index in [1.807, 2.05) is 0 Å². The second-order valence-electron chi connectivity index (χ2n) is 6.08. The quantitative estimate of drug-likeness (QED) is 0.549. The highest BCUT2D eigenvalue weighted by Crippen LogP contribution is 2.34. The van der Waals surface area contributed by atoms with Crippen LogP contribution in [0.15, 0.2) is 70.8 Å². The van der Waals surface area contributed by atoms with Crippen molar-refractivity contribution in [3.63, 3.8) is 0 Å². The Morgan fingerprint density at radius 2 is 1.73 bits per heavy atom. The number of aromatic nitrogens is 1. The number of benzene rings is 2. The molecule has 10 heteroatoms. The Hall–Kier alpha value is -3.20. The van der Waals surface area contributed by atoms with E-state index in [0.717, 1.165) is 4.90 Å². The zero-order valence-electron chi connectivity index (χ0n) is 15.1. The molecule has 0 unspecified atom stereocenters. The van der Waals surface area contributed by atoms with Gasteiger partial charge in [0.05, 0.1) is 10.7 Å². The molecule has 1 aromatic heterocycles. The van der Waals surface area contributed by atoms with Crippen LogP contribution in [-0.4, -0.2) is 22.7 Å². The predicted octanol–water partition coefficient (Wildman–Crippen LogP) is 4.48. The van der Waals surface area contributed by atoms with Crippen LogP contribution < -0.4 is 15.5 Å². The number of thiazole rings is 1. The number of nitrogens with zero attached hydrogens (tertiary/aromatic N) is 2. The summed E-state index contributed by atoms with van der Waals surface area (Å²) < 4.78 is 0. The van der Waals surface area contributed by atoms with Gasteiger partial charge in [0.25, 0.3) is 17.7 Å². The standard InChI is InChI=1S/C20H12Cl2N4O3S/c21-13-3-1-2-4-14(13)26-18(28)15(22)16(19(26)29)24-12-7-5-11(6-8-12)17(27)25-20-23-9-10-30-20/h1-10,24H,(H,23,25,27). The van der Waals surface area contributed by atoms with Crippen LogP contribution in [0.25, 0.3) is 0 Å². The summed E-state index contributed by atoms with van der Waals surface area (Å²) in [5.41, 5.74) is 1.07. The Kier molecular flexibility index (Phi) is 5.54. The number of hydrogen-bond donors (Lipinski definition) is 2. The molecular weight excluding hydrogens is 447 g/mol. The summed E-state index contributed by atoms with van der Waals surface area (Å²) in [7, 11) is 0. The summed E-state index contributed by atoms with van der Waals surface area (Å²) in [6.45, 7) is 0. The average Bonchev–Trinajstić information content (AvgIpc) is 3.32. The molecule has 0 aliphatic carbocycles. The van der Waals surface area contributed by atoms with Crippen molar-refractivity contribution in [1.29, 1.82) is 0 Å². The first-order valence-electron chi connectivity index (χ1n) is 8.56. The van der Waals surface area contributed by atoms with Gasteiger partial charge in [0.2, 0.25) is 0 Å². The fourth-order valence-corrected chi connectivity index (χ4v) is 3.72. The number of rotatable bonds is 5. The zero-order chi connectivity index (χ0) is 21.3. The maximum absolute atomic E-state index is 12.8. The van der Waals surface area contributed by atoms with Gasteiger partial charge in [-0.2, -0.15) is 0 Å². The smallest absolute Gasteiger partial charge is 0.283 e. The highest BCUT2D eigenvalue weighted by molar-refractivity contribution is 7.13. The molecule has 30 heavy (non-hydrogen) atoms. The molecule has 4 rings (SSSR count). The van der Waals surface area contributed by atoms with Crippen LogP contribution in [0.5, 0.6) is 0 Å². The number of carbonyl (C=O) groups excluding carboxylic acids is 3. The van der Waals surface area contributed by atoms with Crippen LogP contribution in [-0.2, 0) is 9.59 Å². The fraction of sp³-hybridized carbons (Fsp3) is 0. The predicted molar refractivity (Wildman–Crippen MR) is 117 cm³/mol. The molecule has 7 nitrogen and oxygen atoms in total. The second kappa shape index (κ2) is 8.27. The van der Waals surface area contributed by atoms with Crippen molar-refractivity contribution in [2.75, 3.05) is 15.5 Å². The molecule has 150 valence electrons. The molecule has 0 saturated heterocycles. The maximum atomic E-state index is 12.8. The number of carbonyl (C=O) groups is 3. The van der Waals surface area contributed by atoms with Crippen LogP contribution in [0.2, 0.25) is 5.02 Å². The van der Waals surface area contributed by atoms with E-state index in [0.29, 0.717) is 16.4 Å². The third-order valence-electron chi connectivity index (χ3n) is 4.19. The van der Waals surface area contributed by atoms with Crippen LogP contribution in [0.1, 0.15) is 10.4 Å². The number of hydrogen-bond acceptors (Lipinski definition) is 6. The molecule has 0 fully saturated rings. The van der Waals surface area contributed by atoms with E-state index in [-0.39, 0.29) is 27.3 Å². The first-order chi connectivity index (χ1) is 14.5. The lowest BCUT2D eigenvalue weighted by Crippen LogP contribution is -2.32. The van der Waals surface area contributed by atoms with Crippen LogP contribution in [0, 0.1) is 0 Å². The van der Waals surface area contributed by atoms with Crippen molar-refractivity contribution in [2.24, 2.45) is 0 Å². The number of nitrogens with one attached hydrogen (secondary N) is 2. The molecule has 0 atom stereocenters. The van der Waals surface area contributed by atoms with Gasteiger partial charge in [0.1, 0.15) is 10.7 Å². The Morgan fingerprint density at radius 1 is 1.00 bits per heavy atom. The number of para-hydroxylation sites is 1. The van der Waals surface area contributed by atoms with E-state index in [1.165, 1.54) is 11.3 Å². The highest BCUT2D eigenvalue weighted by Gasteiger charge is 2.39. The Morgan fingerprint density at radius 3 is 2.40 bits per heavy atom. The second-order valence-corrected chi connectivity index (χ2v) is 7.76. The van der Waals surface area contributed by atoms with Crippen LogP contribution in [0.4, 0.5) is 16.5 Å². The SMILES string of the molecule is O=C(Nc1nccs1)c1ccc(NC2=C(Cl)C(=O)N(c3ccccc3Cl)C2=O)cc1. The number of halogens is 2. The van der Waals surface area contributed by atoms with Gasteiger partial charge < -0.3 is 5.32 Å². The van der Waals surface area contributed by atoms with E-state index in [2.05, 4.69) is 15.6 Å². The molecule has 2 N–H and O–H groups in total. The third-order valence-corrected chi connectivity index (χ3v) is 5.55. The lowest BCUT2D eigenvalue weighted by molar-refractivity contribution is -0.120. The van der Waals surface area contributed by atoms with Gasteiger partial charge in [-0.05, 0) is 36.4 Å². The van der Waals surface area contributed by atoms with Gasteiger partial charge in [0, 0.05) is 22.8 Å². The van der Waals surface area contributed by atoms with E-state index in [4.69, 9.17) is 23.2 Å². The monoisotopic (exact) mass is 458 g/mol. The molecule has 1 aliphatic heterocycles. The summed E-state index contributed by atoms with van der Waals surface area (Å²) in [5, 5.41) is 7.79. The minimum Gasteiger partial charge on any atom is -0.350 e. The van der Waals surface area contributed by atoms with E-state index < -0.39 is 11.8 Å². The van der Waals surface area contributed by atoms with E-state index >= 15 is 0 Å². The van der Waals surface area contributed by atoms with Gasteiger partial charge in [-0.1, -0.05) is 35.3 Å². The first-order valence-corrected chi connectivity index (χ1v) is 10.2. The van der Waals surface area contributed by atoms with Gasteiger partial charge in [-0.25, -0.2) is 9.88 Å². The van der Waals surface area contributed by atoms with Gasteiger partial charge in [0.15, 0.2) is 5.13 Å². The number of anilines is 3. The van der Waals surface area contributed by atoms with Gasteiger partial charge in [-0.3, -0.25) is 19.7 Å². The Bertz CT molecular complexity index is 1180. The summed E-state index contributed by atoms with van der Waals surface area (Å²) in [5.74, 6) is -1.61. The lowest BCUT2D eigenvalue weighted by atomic mass is 10.2. The zero-order valence-corrected chi connectivity index (χ0v) is 17.4. The highest BCUT2D eigenvalue weighted by atomic mass is 35.5. The van der Waals surface area contributed by atoms with Crippen LogP contribution >= 0.6 is 34.5 Å². The molecular formula is C20H12Cl2N4O3S. The summed E-state index contributed by atoms with van der Waals surface area (Å²) >= 11 is 13.6. The lowest BCUT2D eigenvalue weighted by Gasteiger charge is -2.16. The Labute approximate surface area is 184 Å². The normalized spacial score (nSPS) is 13.7. The van der Waals surface area contributed by atoms with Crippen LogP contribution in [0.3, 0.4) is 0 Å². The average molecular weight is 459 g/mol. The molecule has 1 aliphatic rings.